The van der Waals surface area contributed by atoms with Crippen LogP contribution in [0.2, 0.25) is 0 Å². The molecule has 0 radical (unpaired) electrons. The molecule has 0 bridgehead atoms. The van der Waals surface area contributed by atoms with E-state index >= 15 is 0 Å². The highest BCUT2D eigenvalue weighted by molar-refractivity contribution is 5.90. The van der Waals surface area contributed by atoms with E-state index in [2.05, 4.69) is 5.32 Å². The molecule has 0 saturated heterocycles. The van der Waals surface area contributed by atoms with E-state index in [9.17, 15) is 9.18 Å². The molecule has 0 saturated carbocycles. The molecule has 1 heterocycles. The van der Waals surface area contributed by atoms with Gasteiger partial charge < -0.3 is 14.8 Å². The van der Waals surface area contributed by atoms with Crippen LogP contribution in [0.4, 0.5) is 4.39 Å². The quantitative estimate of drug-likeness (QED) is 0.794. The average Bonchev–Trinajstić information content (AvgIpc) is 2.54. The second-order valence-electron chi connectivity index (χ2n) is 3.69. The molecule has 0 amide bonds. The van der Waals surface area contributed by atoms with Crippen LogP contribution in [0.15, 0.2) is 12.1 Å². The number of halogens is 1. The summed E-state index contributed by atoms with van der Waals surface area (Å²) in [6.07, 6.45) is 0. The van der Waals surface area contributed by atoms with Gasteiger partial charge in [-0.1, -0.05) is 0 Å². The van der Waals surface area contributed by atoms with Gasteiger partial charge in [-0.25, -0.2) is 9.18 Å². The van der Waals surface area contributed by atoms with Crippen LogP contribution in [0, 0.1) is 5.82 Å². The Hall–Kier alpha value is -1.62. The molecule has 5 heteroatoms. The monoisotopic (exact) mass is 239 g/mol. The fourth-order valence-electron chi connectivity index (χ4n) is 1.72. The van der Waals surface area contributed by atoms with Crippen molar-refractivity contribution in [2.75, 3.05) is 19.8 Å². The van der Waals surface area contributed by atoms with Crippen molar-refractivity contribution in [1.82, 2.24) is 5.32 Å². The highest BCUT2D eigenvalue weighted by Crippen LogP contribution is 2.26. The topological polar surface area (TPSA) is 47.6 Å². The van der Waals surface area contributed by atoms with E-state index in [4.69, 9.17) is 9.47 Å². The Bertz CT molecular complexity index is 434. The van der Waals surface area contributed by atoms with Crippen molar-refractivity contribution in [3.8, 4) is 5.75 Å². The normalized spacial score (nSPS) is 14.5. The molecule has 0 atom stereocenters. The fraction of sp³-hybridized carbons (Fsp3) is 0.417. The minimum Gasteiger partial charge on any atom is -0.489 e. The number of esters is 1. The van der Waals surface area contributed by atoms with Gasteiger partial charge in [0.05, 0.1) is 12.2 Å². The zero-order chi connectivity index (χ0) is 12.3. The summed E-state index contributed by atoms with van der Waals surface area (Å²) in [6.45, 7) is 3.54. The van der Waals surface area contributed by atoms with Gasteiger partial charge in [-0.15, -0.1) is 0 Å². The molecule has 0 aliphatic carbocycles. The largest absolute Gasteiger partial charge is 0.489 e. The zero-order valence-electron chi connectivity index (χ0n) is 9.59. The van der Waals surface area contributed by atoms with Crippen molar-refractivity contribution >= 4 is 5.97 Å². The van der Waals surface area contributed by atoms with Crippen molar-refractivity contribution < 1.29 is 18.7 Å². The molecule has 1 aliphatic rings. The third kappa shape index (κ3) is 2.55. The van der Waals surface area contributed by atoms with Gasteiger partial charge in [-0.05, 0) is 19.1 Å². The van der Waals surface area contributed by atoms with E-state index in [1.807, 2.05) is 0 Å². The van der Waals surface area contributed by atoms with Crippen molar-refractivity contribution in [3.63, 3.8) is 0 Å². The second kappa shape index (κ2) is 5.14. The van der Waals surface area contributed by atoms with Gasteiger partial charge in [0, 0.05) is 18.7 Å². The summed E-state index contributed by atoms with van der Waals surface area (Å²) >= 11 is 0. The lowest BCUT2D eigenvalue weighted by molar-refractivity contribution is 0.0525. The number of benzene rings is 1. The number of carbonyl (C=O) groups is 1. The van der Waals surface area contributed by atoms with E-state index in [1.165, 1.54) is 0 Å². The van der Waals surface area contributed by atoms with Crippen LogP contribution in [-0.4, -0.2) is 25.7 Å². The lowest BCUT2D eigenvalue weighted by Gasteiger charge is -2.10. The fourth-order valence-corrected chi connectivity index (χ4v) is 1.72. The maximum atomic E-state index is 13.8. The average molecular weight is 239 g/mol. The van der Waals surface area contributed by atoms with Crippen molar-refractivity contribution in [2.45, 2.75) is 13.5 Å². The molecule has 2 rings (SSSR count). The number of carbonyl (C=O) groups excluding carboxylic acids is 1. The van der Waals surface area contributed by atoms with E-state index in [0.29, 0.717) is 25.3 Å². The van der Waals surface area contributed by atoms with Gasteiger partial charge in [0.2, 0.25) is 0 Å². The van der Waals surface area contributed by atoms with Crippen LogP contribution in [-0.2, 0) is 11.3 Å². The number of fused-ring (bicyclic) bond motifs is 1. The van der Waals surface area contributed by atoms with Crippen molar-refractivity contribution in [2.24, 2.45) is 0 Å². The molecule has 0 fully saturated rings. The summed E-state index contributed by atoms with van der Waals surface area (Å²) in [5.74, 6) is -0.809. The summed E-state index contributed by atoms with van der Waals surface area (Å²) in [5, 5.41) is 3.09. The molecule has 1 aliphatic heterocycles. The first-order valence-corrected chi connectivity index (χ1v) is 5.55. The maximum absolute atomic E-state index is 13.8. The van der Waals surface area contributed by atoms with Gasteiger partial charge in [-0.3, -0.25) is 0 Å². The lowest BCUT2D eigenvalue weighted by atomic mass is 10.1. The number of hydrogen-bond acceptors (Lipinski definition) is 4. The van der Waals surface area contributed by atoms with Crippen LogP contribution >= 0.6 is 0 Å². The van der Waals surface area contributed by atoms with E-state index in [0.717, 1.165) is 6.07 Å². The van der Waals surface area contributed by atoms with Gasteiger partial charge >= 0.3 is 5.97 Å². The lowest BCUT2D eigenvalue weighted by Crippen LogP contribution is -2.16. The molecule has 1 N–H and O–H groups in total. The summed E-state index contributed by atoms with van der Waals surface area (Å²) in [5.41, 5.74) is 0.862. The summed E-state index contributed by atoms with van der Waals surface area (Å²) in [7, 11) is 0. The summed E-state index contributed by atoms with van der Waals surface area (Å²) in [6, 6.07) is 2.76. The first-order chi connectivity index (χ1) is 8.22. The minimum atomic E-state index is -0.519. The SMILES string of the molecule is CCOC(=O)c1cc(F)c2c(c1)CNCCO2. The minimum absolute atomic E-state index is 0.218. The number of rotatable bonds is 2. The Kier molecular flexibility index (Phi) is 3.58. The first kappa shape index (κ1) is 11.9. The smallest absolute Gasteiger partial charge is 0.338 e. The van der Waals surface area contributed by atoms with Gasteiger partial charge in [0.15, 0.2) is 11.6 Å². The van der Waals surface area contributed by atoms with Gasteiger partial charge in [-0.2, -0.15) is 0 Å². The Balaban J connectivity index is 2.35. The summed E-state index contributed by atoms with van der Waals surface area (Å²) in [4.78, 5) is 11.5. The second-order valence-corrected chi connectivity index (χ2v) is 3.69. The molecule has 0 aromatic heterocycles. The maximum Gasteiger partial charge on any atom is 0.338 e. The van der Waals surface area contributed by atoms with Crippen LogP contribution in [0.5, 0.6) is 5.75 Å². The molecule has 0 unspecified atom stereocenters. The molecular formula is C12H14FNO3. The van der Waals surface area contributed by atoms with Crippen LogP contribution in [0.25, 0.3) is 0 Å². The number of nitrogens with one attached hydrogen (secondary N) is 1. The molecule has 1 aromatic rings. The van der Waals surface area contributed by atoms with Gasteiger partial charge in [0.1, 0.15) is 6.61 Å². The third-order valence-electron chi connectivity index (χ3n) is 2.47. The predicted octanol–water partition coefficient (Wildman–Crippen LogP) is 1.48. The summed E-state index contributed by atoms with van der Waals surface area (Å²) < 4.78 is 23.9. The standard InChI is InChI=1S/C12H14FNO3/c1-2-16-12(15)8-5-9-7-14-3-4-17-11(9)10(13)6-8/h5-6,14H,2-4,7H2,1H3. The highest BCUT2D eigenvalue weighted by Gasteiger charge is 2.18. The molecular weight excluding hydrogens is 225 g/mol. The first-order valence-electron chi connectivity index (χ1n) is 5.55. The number of ether oxygens (including phenoxy) is 2. The molecule has 17 heavy (non-hydrogen) atoms. The van der Waals surface area contributed by atoms with Crippen molar-refractivity contribution in [3.05, 3.63) is 29.1 Å². The molecule has 1 aromatic carbocycles. The number of hydrogen-bond donors (Lipinski definition) is 1. The molecule has 0 spiro atoms. The Morgan fingerprint density at radius 3 is 3.18 bits per heavy atom. The predicted molar refractivity (Wildman–Crippen MR) is 59.6 cm³/mol. The van der Waals surface area contributed by atoms with Gasteiger partial charge in [0.25, 0.3) is 0 Å². The molecule has 92 valence electrons. The van der Waals surface area contributed by atoms with Crippen LogP contribution in [0.1, 0.15) is 22.8 Å². The zero-order valence-corrected chi connectivity index (χ0v) is 9.59. The third-order valence-corrected chi connectivity index (χ3v) is 2.47. The molecule has 4 nitrogen and oxygen atoms in total. The van der Waals surface area contributed by atoms with Crippen LogP contribution < -0.4 is 10.1 Å². The van der Waals surface area contributed by atoms with E-state index < -0.39 is 11.8 Å². The van der Waals surface area contributed by atoms with E-state index in [-0.39, 0.29) is 17.9 Å². The Labute approximate surface area is 98.7 Å². The Morgan fingerprint density at radius 2 is 2.41 bits per heavy atom. The Morgan fingerprint density at radius 1 is 1.59 bits per heavy atom. The van der Waals surface area contributed by atoms with Crippen molar-refractivity contribution in [1.29, 1.82) is 0 Å². The van der Waals surface area contributed by atoms with Crippen LogP contribution in [0.3, 0.4) is 0 Å². The highest BCUT2D eigenvalue weighted by atomic mass is 19.1. The van der Waals surface area contributed by atoms with E-state index in [1.54, 1.807) is 13.0 Å².